The van der Waals surface area contributed by atoms with Crippen LogP contribution in [0, 0.1) is 0 Å². The van der Waals surface area contributed by atoms with Crippen molar-refractivity contribution in [3.8, 4) is 0 Å². The van der Waals surface area contributed by atoms with Gasteiger partial charge in [0.05, 0.1) is 0 Å². The molecule has 1 aliphatic heterocycles. The maximum atomic E-state index is 10.6. The van der Waals surface area contributed by atoms with Crippen LogP contribution in [-0.2, 0) is 4.79 Å². The minimum absolute atomic E-state index is 0.170. The maximum absolute atomic E-state index is 10.6. The Morgan fingerprint density at radius 2 is 2.15 bits per heavy atom. The van der Waals surface area contributed by atoms with Crippen LogP contribution in [0.25, 0.3) is 0 Å². The van der Waals surface area contributed by atoms with Crippen LogP contribution >= 0.6 is 0 Å². The summed E-state index contributed by atoms with van der Waals surface area (Å²) in [7, 11) is 0. The Morgan fingerprint density at radius 3 is 2.54 bits per heavy atom. The van der Waals surface area contributed by atoms with E-state index in [0.29, 0.717) is 6.42 Å². The number of allylic oxidation sites excluding steroid dienone is 1. The lowest BCUT2D eigenvalue weighted by molar-refractivity contribution is -0.139. The summed E-state index contributed by atoms with van der Waals surface area (Å²) < 4.78 is 0. The number of hydrogen-bond donors (Lipinski definition) is 2. The van der Waals surface area contributed by atoms with Crippen molar-refractivity contribution in [3.63, 3.8) is 0 Å². The molecule has 0 aromatic carbocycles. The fourth-order valence-corrected chi connectivity index (χ4v) is 1.66. The molecular formula is C10H15NO2. The highest BCUT2D eigenvalue weighted by Crippen LogP contribution is 2.19. The van der Waals surface area contributed by atoms with Gasteiger partial charge in [-0.25, -0.2) is 0 Å². The highest BCUT2D eigenvalue weighted by atomic mass is 16.4. The van der Waals surface area contributed by atoms with Crippen molar-refractivity contribution in [1.29, 1.82) is 0 Å². The minimum atomic E-state index is -0.762. The molecule has 1 rings (SSSR count). The minimum Gasteiger partial charge on any atom is -0.480 e. The van der Waals surface area contributed by atoms with Gasteiger partial charge in [-0.1, -0.05) is 18.7 Å². The van der Waals surface area contributed by atoms with Gasteiger partial charge in [-0.05, 0) is 25.3 Å². The predicted octanol–water partition coefficient (Wildman–Crippen LogP) is 1.32. The van der Waals surface area contributed by atoms with Gasteiger partial charge in [0.2, 0.25) is 0 Å². The second kappa shape index (κ2) is 4.23. The molecule has 1 saturated heterocycles. The number of carboxylic acid groups (broad SMARTS) is 1. The molecule has 0 aliphatic carbocycles. The van der Waals surface area contributed by atoms with Crippen LogP contribution in [0.5, 0.6) is 0 Å². The van der Waals surface area contributed by atoms with E-state index >= 15 is 0 Å². The molecule has 13 heavy (non-hydrogen) atoms. The first-order valence-corrected chi connectivity index (χ1v) is 4.46. The summed E-state index contributed by atoms with van der Waals surface area (Å²) in [5, 5.41) is 11.8. The molecule has 3 nitrogen and oxygen atoms in total. The van der Waals surface area contributed by atoms with Gasteiger partial charge in [-0.3, -0.25) is 10.1 Å². The molecular weight excluding hydrogens is 166 g/mol. The van der Waals surface area contributed by atoms with Gasteiger partial charge in [0.25, 0.3) is 0 Å². The van der Waals surface area contributed by atoms with Gasteiger partial charge in [-0.15, -0.1) is 0 Å². The lowest BCUT2D eigenvalue weighted by atomic mass is 10.1. The molecule has 0 aromatic heterocycles. The van der Waals surface area contributed by atoms with Gasteiger partial charge >= 0.3 is 5.97 Å². The first-order valence-electron chi connectivity index (χ1n) is 4.46. The third kappa shape index (κ3) is 2.18. The summed E-state index contributed by atoms with van der Waals surface area (Å²) in [6.45, 7) is 5.63. The Labute approximate surface area is 78.1 Å². The molecule has 72 valence electrons. The number of nitrogens with one attached hydrogen (secondary N) is 1. The molecule has 3 heteroatoms. The monoisotopic (exact) mass is 181 g/mol. The average molecular weight is 181 g/mol. The number of carboxylic acids is 1. The van der Waals surface area contributed by atoms with E-state index in [-0.39, 0.29) is 12.1 Å². The first-order chi connectivity index (χ1) is 6.19. The van der Waals surface area contributed by atoms with E-state index in [0.717, 1.165) is 12.0 Å². The molecule has 0 amide bonds. The lowest BCUT2D eigenvalue weighted by Crippen LogP contribution is -2.35. The zero-order chi connectivity index (χ0) is 9.84. The molecule has 1 aliphatic rings. The highest BCUT2D eigenvalue weighted by molar-refractivity contribution is 5.74. The topological polar surface area (TPSA) is 49.3 Å². The summed E-state index contributed by atoms with van der Waals surface area (Å²) in [5.41, 5.74) is 1.09. The average Bonchev–Trinajstić information content (AvgIpc) is 2.56. The van der Waals surface area contributed by atoms with Crippen molar-refractivity contribution in [2.75, 3.05) is 0 Å². The second-order valence-corrected chi connectivity index (χ2v) is 3.18. The largest absolute Gasteiger partial charge is 0.480 e. The predicted molar refractivity (Wildman–Crippen MR) is 51.5 cm³/mol. The van der Waals surface area contributed by atoms with Crippen molar-refractivity contribution in [2.24, 2.45) is 0 Å². The van der Waals surface area contributed by atoms with Crippen molar-refractivity contribution in [1.82, 2.24) is 5.32 Å². The molecule has 0 saturated carbocycles. The van der Waals surface area contributed by atoms with Crippen LogP contribution in [0.2, 0.25) is 0 Å². The zero-order valence-electron chi connectivity index (χ0n) is 7.79. The number of carbonyl (C=O) groups is 1. The van der Waals surface area contributed by atoms with Gasteiger partial charge in [-0.2, -0.15) is 0 Å². The number of hydrogen-bond acceptors (Lipinski definition) is 2. The SMILES string of the molecule is C=C/C(=C\C)C1CCC(C(=O)O)N1. The highest BCUT2D eigenvalue weighted by Gasteiger charge is 2.29. The first kappa shape index (κ1) is 9.99. The molecule has 0 spiro atoms. The zero-order valence-corrected chi connectivity index (χ0v) is 7.79. The van der Waals surface area contributed by atoms with Gasteiger partial charge in [0.15, 0.2) is 0 Å². The molecule has 2 N–H and O–H groups in total. The van der Waals surface area contributed by atoms with E-state index in [4.69, 9.17) is 5.11 Å². The van der Waals surface area contributed by atoms with E-state index in [2.05, 4.69) is 11.9 Å². The van der Waals surface area contributed by atoms with Gasteiger partial charge in [0.1, 0.15) is 6.04 Å². The van der Waals surface area contributed by atoms with Crippen molar-refractivity contribution >= 4 is 5.97 Å². The second-order valence-electron chi connectivity index (χ2n) is 3.18. The third-order valence-electron chi connectivity index (χ3n) is 2.42. The Balaban J connectivity index is 2.59. The third-order valence-corrected chi connectivity index (χ3v) is 2.42. The van der Waals surface area contributed by atoms with Crippen molar-refractivity contribution < 1.29 is 9.90 Å². The number of rotatable bonds is 3. The molecule has 2 unspecified atom stereocenters. The van der Waals surface area contributed by atoms with Crippen LogP contribution in [0.3, 0.4) is 0 Å². The van der Waals surface area contributed by atoms with Crippen LogP contribution in [0.4, 0.5) is 0 Å². The van der Waals surface area contributed by atoms with Gasteiger partial charge in [0, 0.05) is 6.04 Å². The van der Waals surface area contributed by atoms with E-state index in [1.54, 1.807) is 6.08 Å². The van der Waals surface area contributed by atoms with Gasteiger partial charge < -0.3 is 5.11 Å². The van der Waals surface area contributed by atoms with Crippen LogP contribution in [0.1, 0.15) is 19.8 Å². The van der Waals surface area contributed by atoms with Crippen molar-refractivity contribution in [2.45, 2.75) is 31.8 Å². The van der Waals surface area contributed by atoms with E-state index < -0.39 is 5.97 Å². The Kier molecular flexibility index (Phi) is 3.25. The molecule has 1 heterocycles. The molecule has 1 fully saturated rings. The summed E-state index contributed by atoms with van der Waals surface area (Å²) in [6.07, 6.45) is 5.32. The Hall–Kier alpha value is -1.09. The molecule has 0 aromatic rings. The number of aliphatic carboxylic acids is 1. The summed E-state index contributed by atoms with van der Waals surface area (Å²) >= 11 is 0. The fraction of sp³-hybridized carbons (Fsp3) is 0.500. The van der Waals surface area contributed by atoms with Crippen molar-refractivity contribution in [3.05, 3.63) is 24.3 Å². The van der Waals surface area contributed by atoms with Crippen LogP contribution in [0.15, 0.2) is 24.3 Å². The van der Waals surface area contributed by atoms with Crippen LogP contribution < -0.4 is 5.32 Å². The maximum Gasteiger partial charge on any atom is 0.320 e. The fourth-order valence-electron chi connectivity index (χ4n) is 1.66. The van der Waals surface area contributed by atoms with E-state index in [1.165, 1.54) is 0 Å². The summed E-state index contributed by atoms with van der Waals surface area (Å²) in [6, 6.07) is -0.219. The summed E-state index contributed by atoms with van der Waals surface area (Å²) in [4.78, 5) is 10.6. The Morgan fingerprint density at radius 1 is 1.54 bits per heavy atom. The summed E-state index contributed by atoms with van der Waals surface area (Å²) in [5.74, 6) is -0.762. The normalized spacial score (nSPS) is 28.8. The Bertz CT molecular complexity index is 245. The quantitative estimate of drug-likeness (QED) is 0.646. The smallest absolute Gasteiger partial charge is 0.320 e. The molecule has 2 atom stereocenters. The van der Waals surface area contributed by atoms with Crippen LogP contribution in [-0.4, -0.2) is 23.2 Å². The molecule has 0 radical (unpaired) electrons. The standard InChI is InChI=1S/C10H15NO2/c1-3-7(4-2)8-5-6-9(11-8)10(12)13/h3-4,8-9,11H,1,5-6H2,2H3,(H,12,13)/b7-4+. The van der Waals surface area contributed by atoms with E-state index in [1.807, 2.05) is 13.0 Å². The molecule has 0 bridgehead atoms. The van der Waals surface area contributed by atoms with E-state index in [9.17, 15) is 4.79 Å². The lowest BCUT2D eigenvalue weighted by Gasteiger charge is -2.12.